The van der Waals surface area contributed by atoms with Crippen molar-refractivity contribution in [3.8, 4) is 11.5 Å². The zero-order chi connectivity index (χ0) is 9.14. The Hall–Kier alpha value is -1.22. The molecule has 1 atom stereocenters. The van der Waals surface area contributed by atoms with Crippen molar-refractivity contribution in [2.24, 2.45) is 5.73 Å². The van der Waals surface area contributed by atoms with Gasteiger partial charge in [-0.3, -0.25) is 0 Å². The molecule has 66 valence electrons. The summed E-state index contributed by atoms with van der Waals surface area (Å²) in [6, 6.07) is 4.76. The fourth-order valence-electron chi connectivity index (χ4n) is 0.983. The van der Waals surface area contributed by atoms with E-state index in [1.807, 2.05) is 6.92 Å². The maximum Gasteiger partial charge on any atom is 0.157 e. The molecule has 0 radical (unpaired) electrons. The van der Waals surface area contributed by atoms with Gasteiger partial charge in [-0.2, -0.15) is 0 Å². The first kappa shape index (κ1) is 8.87. The second kappa shape index (κ2) is 3.45. The lowest BCUT2D eigenvalue weighted by atomic mass is 10.0. The van der Waals surface area contributed by atoms with Gasteiger partial charge in [0, 0.05) is 0 Å². The molecule has 0 amide bonds. The summed E-state index contributed by atoms with van der Waals surface area (Å²) in [4.78, 5) is 0. The minimum absolute atomic E-state index is 0.0900. The molecular weight excluding hydrogens is 154 g/mol. The molecule has 0 bridgehead atoms. The van der Waals surface area contributed by atoms with Crippen LogP contribution in [-0.4, -0.2) is 16.8 Å². The average Bonchev–Trinajstić information content (AvgIpc) is 2.08. The molecule has 0 aliphatic rings. The van der Waals surface area contributed by atoms with E-state index < -0.39 is 0 Å². The Labute approximate surface area is 71.5 Å². The molecule has 0 heterocycles. The highest BCUT2D eigenvalue weighted by Crippen LogP contribution is 2.27. The van der Waals surface area contributed by atoms with Gasteiger partial charge < -0.3 is 15.9 Å². The van der Waals surface area contributed by atoms with Gasteiger partial charge in [0.1, 0.15) is 0 Å². The summed E-state index contributed by atoms with van der Waals surface area (Å²) >= 11 is 0. The summed E-state index contributed by atoms with van der Waals surface area (Å²) in [5.41, 5.74) is 6.39. The van der Waals surface area contributed by atoms with Gasteiger partial charge in [0.15, 0.2) is 11.5 Å². The molecule has 0 fully saturated rings. The second-order valence-corrected chi connectivity index (χ2v) is 2.88. The van der Waals surface area contributed by atoms with Crippen LogP contribution in [0.5, 0.6) is 11.5 Å². The number of aromatic hydroxyl groups is 2. The molecule has 1 rings (SSSR count). The Morgan fingerprint density at radius 3 is 2.50 bits per heavy atom. The first-order chi connectivity index (χ1) is 5.65. The van der Waals surface area contributed by atoms with Crippen LogP contribution >= 0.6 is 0 Å². The molecule has 1 aromatic rings. The maximum atomic E-state index is 9.15. The van der Waals surface area contributed by atoms with E-state index in [0.29, 0.717) is 6.54 Å². The zero-order valence-electron chi connectivity index (χ0n) is 6.99. The summed E-state index contributed by atoms with van der Waals surface area (Å²) in [6.45, 7) is 2.50. The van der Waals surface area contributed by atoms with Crippen molar-refractivity contribution in [3.63, 3.8) is 0 Å². The largest absolute Gasteiger partial charge is 0.504 e. The maximum absolute atomic E-state index is 9.15. The molecule has 1 aromatic carbocycles. The molecule has 0 spiro atoms. The summed E-state index contributed by atoms with van der Waals surface area (Å²) in [7, 11) is 0. The summed E-state index contributed by atoms with van der Waals surface area (Å²) < 4.78 is 0. The number of benzene rings is 1. The minimum atomic E-state index is -0.0945. The molecule has 3 nitrogen and oxygen atoms in total. The molecule has 0 aromatic heterocycles. The number of phenolic OH excluding ortho intramolecular Hbond substituents is 2. The highest BCUT2D eigenvalue weighted by Gasteiger charge is 2.05. The van der Waals surface area contributed by atoms with E-state index in [2.05, 4.69) is 0 Å². The number of rotatable bonds is 2. The molecule has 0 unspecified atom stereocenters. The minimum Gasteiger partial charge on any atom is -0.504 e. The smallest absolute Gasteiger partial charge is 0.157 e. The summed E-state index contributed by atoms with van der Waals surface area (Å²) in [5.74, 6) is 0.0206. The molecular formula is C9H13NO2. The van der Waals surface area contributed by atoms with E-state index in [4.69, 9.17) is 15.9 Å². The molecule has 0 saturated heterocycles. The van der Waals surface area contributed by atoms with Gasteiger partial charge in [-0.1, -0.05) is 13.0 Å². The molecule has 0 aliphatic carbocycles. The second-order valence-electron chi connectivity index (χ2n) is 2.88. The van der Waals surface area contributed by atoms with Crippen LogP contribution in [0.3, 0.4) is 0 Å². The van der Waals surface area contributed by atoms with Crippen LogP contribution in [0.15, 0.2) is 18.2 Å². The van der Waals surface area contributed by atoms with E-state index in [-0.39, 0.29) is 17.4 Å². The van der Waals surface area contributed by atoms with Crippen LogP contribution in [0.25, 0.3) is 0 Å². The van der Waals surface area contributed by atoms with Gasteiger partial charge >= 0.3 is 0 Å². The van der Waals surface area contributed by atoms with Crippen LogP contribution in [0.4, 0.5) is 0 Å². The van der Waals surface area contributed by atoms with Crippen molar-refractivity contribution in [1.29, 1.82) is 0 Å². The third kappa shape index (κ3) is 1.68. The summed E-state index contributed by atoms with van der Waals surface area (Å²) in [6.07, 6.45) is 0. The fourth-order valence-corrected chi connectivity index (χ4v) is 0.983. The third-order valence-corrected chi connectivity index (χ3v) is 1.92. The first-order valence-corrected chi connectivity index (χ1v) is 3.87. The molecule has 0 aliphatic heterocycles. The Morgan fingerprint density at radius 2 is 2.00 bits per heavy atom. The van der Waals surface area contributed by atoms with E-state index in [9.17, 15) is 0 Å². The number of phenols is 2. The SMILES string of the molecule is C[C@H](CN)c1ccc(O)c(O)c1. The predicted octanol–water partition coefficient (Wildman–Crippen LogP) is 1.16. The van der Waals surface area contributed by atoms with E-state index in [1.54, 1.807) is 6.07 Å². The highest BCUT2D eigenvalue weighted by molar-refractivity contribution is 5.41. The Morgan fingerprint density at radius 1 is 1.33 bits per heavy atom. The fraction of sp³-hybridized carbons (Fsp3) is 0.333. The van der Waals surface area contributed by atoms with Crippen molar-refractivity contribution in [1.82, 2.24) is 0 Å². The van der Waals surface area contributed by atoms with E-state index >= 15 is 0 Å². The monoisotopic (exact) mass is 167 g/mol. The highest BCUT2D eigenvalue weighted by atomic mass is 16.3. The Kier molecular flexibility index (Phi) is 2.55. The molecule has 12 heavy (non-hydrogen) atoms. The molecule has 3 heteroatoms. The quantitative estimate of drug-likeness (QED) is 0.579. The predicted molar refractivity (Wildman–Crippen MR) is 47.2 cm³/mol. The van der Waals surface area contributed by atoms with Gasteiger partial charge in [-0.15, -0.1) is 0 Å². The average molecular weight is 167 g/mol. The van der Waals surface area contributed by atoms with Gasteiger partial charge in [0.2, 0.25) is 0 Å². The lowest BCUT2D eigenvalue weighted by Gasteiger charge is -2.09. The van der Waals surface area contributed by atoms with E-state index in [1.165, 1.54) is 12.1 Å². The lowest BCUT2D eigenvalue weighted by Crippen LogP contribution is -2.08. The summed E-state index contributed by atoms with van der Waals surface area (Å²) in [5, 5.41) is 18.2. The van der Waals surface area contributed by atoms with Crippen molar-refractivity contribution in [2.45, 2.75) is 12.8 Å². The van der Waals surface area contributed by atoms with Gasteiger partial charge in [-0.05, 0) is 30.2 Å². The third-order valence-electron chi connectivity index (χ3n) is 1.92. The van der Waals surface area contributed by atoms with Gasteiger partial charge in [-0.25, -0.2) is 0 Å². The lowest BCUT2D eigenvalue weighted by molar-refractivity contribution is 0.403. The molecule has 4 N–H and O–H groups in total. The standard InChI is InChI=1S/C9H13NO2/c1-6(5-10)7-2-3-8(11)9(12)4-7/h2-4,6,11-12H,5,10H2,1H3/t6-/m1/s1. The van der Waals surface area contributed by atoms with Crippen LogP contribution in [-0.2, 0) is 0 Å². The first-order valence-electron chi connectivity index (χ1n) is 3.87. The molecule has 0 saturated carbocycles. The Balaban J connectivity index is 2.96. The van der Waals surface area contributed by atoms with Crippen LogP contribution < -0.4 is 5.73 Å². The van der Waals surface area contributed by atoms with Gasteiger partial charge in [0.25, 0.3) is 0 Å². The Bertz CT molecular complexity index is 273. The normalized spacial score (nSPS) is 12.8. The van der Waals surface area contributed by atoms with Gasteiger partial charge in [0.05, 0.1) is 0 Å². The van der Waals surface area contributed by atoms with E-state index in [0.717, 1.165) is 5.56 Å². The van der Waals surface area contributed by atoms with Crippen molar-refractivity contribution < 1.29 is 10.2 Å². The van der Waals surface area contributed by atoms with Crippen molar-refractivity contribution >= 4 is 0 Å². The number of hydrogen-bond acceptors (Lipinski definition) is 3. The van der Waals surface area contributed by atoms with Crippen LogP contribution in [0.1, 0.15) is 18.4 Å². The van der Waals surface area contributed by atoms with Crippen LogP contribution in [0, 0.1) is 0 Å². The number of hydrogen-bond donors (Lipinski definition) is 3. The zero-order valence-corrected chi connectivity index (χ0v) is 6.99. The topological polar surface area (TPSA) is 66.5 Å². The van der Waals surface area contributed by atoms with Crippen molar-refractivity contribution in [3.05, 3.63) is 23.8 Å². The number of nitrogens with two attached hydrogens (primary N) is 1. The van der Waals surface area contributed by atoms with Crippen molar-refractivity contribution in [2.75, 3.05) is 6.54 Å². The van der Waals surface area contributed by atoms with Crippen LogP contribution in [0.2, 0.25) is 0 Å².